The smallest absolute Gasteiger partial charge is 0.162 e. The van der Waals surface area contributed by atoms with Crippen LogP contribution in [0.1, 0.15) is 11.3 Å². The van der Waals surface area contributed by atoms with Crippen LogP contribution in [-0.4, -0.2) is 81.7 Å². The van der Waals surface area contributed by atoms with E-state index in [0.717, 1.165) is 52.1 Å². The largest absolute Gasteiger partial charge is 0.366 e. The SMILES string of the molecule is Cc1ccc2nc(C)cc(-c3cnn4cc(N5CC(N6CCN(C)CC6)C5)cnc34)c2c1. The molecule has 6 rings (SSSR count). The summed E-state index contributed by atoms with van der Waals surface area (Å²) in [6, 6.07) is 9.21. The predicted octanol–water partition coefficient (Wildman–Crippen LogP) is 3.00. The lowest BCUT2D eigenvalue weighted by atomic mass is 10.0. The van der Waals surface area contributed by atoms with E-state index in [1.165, 1.54) is 31.7 Å². The van der Waals surface area contributed by atoms with Gasteiger partial charge in [-0.2, -0.15) is 5.10 Å². The molecule has 0 atom stereocenters. The zero-order valence-corrected chi connectivity index (χ0v) is 19.0. The summed E-state index contributed by atoms with van der Waals surface area (Å²) in [7, 11) is 2.21. The molecule has 0 aliphatic carbocycles. The van der Waals surface area contributed by atoms with Crippen LogP contribution < -0.4 is 4.90 Å². The molecule has 3 aromatic heterocycles. The molecule has 0 radical (unpaired) electrons. The van der Waals surface area contributed by atoms with Crippen LogP contribution in [0.5, 0.6) is 0 Å². The summed E-state index contributed by atoms with van der Waals surface area (Å²) >= 11 is 0. The van der Waals surface area contributed by atoms with Gasteiger partial charge >= 0.3 is 0 Å². The van der Waals surface area contributed by atoms with E-state index in [0.29, 0.717) is 6.04 Å². The third-order valence-electron chi connectivity index (χ3n) is 7.01. The lowest BCUT2D eigenvalue weighted by Gasteiger charge is -2.48. The number of pyridine rings is 1. The van der Waals surface area contributed by atoms with Crippen molar-refractivity contribution in [1.29, 1.82) is 0 Å². The summed E-state index contributed by atoms with van der Waals surface area (Å²) in [4.78, 5) is 17.0. The molecule has 2 aliphatic rings. The van der Waals surface area contributed by atoms with E-state index in [9.17, 15) is 0 Å². The van der Waals surface area contributed by atoms with Crippen molar-refractivity contribution in [2.75, 3.05) is 51.2 Å². The van der Waals surface area contributed by atoms with E-state index in [4.69, 9.17) is 9.97 Å². The Hall–Kier alpha value is -3.03. The Labute approximate surface area is 188 Å². The van der Waals surface area contributed by atoms with Crippen molar-refractivity contribution >= 4 is 22.2 Å². The van der Waals surface area contributed by atoms with E-state index in [1.807, 2.05) is 23.8 Å². The van der Waals surface area contributed by atoms with Gasteiger partial charge in [0.05, 0.1) is 29.8 Å². The third-order valence-corrected chi connectivity index (χ3v) is 7.01. The molecule has 0 bridgehead atoms. The van der Waals surface area contributed by atoms with E-state index in [-0.39, 0.29) is 0 Å². The minimum absolute atomic E-state index is 0.655. The standard InChI is InChI=1S/C25H29N7/c1-17-4-5-24-22(10-17)21(11-18(2)28-24)23-13-27-32-16-19(12-26-25(23)32)31-14-20(15-31)30-8-6-29(3)7-9-30/h4-5,10-13,16,20H,6-9,14-15H2,1-3H3. The van der Waals surface area contributed by atoms with Crippen LogP contribution in [0.15, 0.2) is 42.9 Å². The molecule has 164 valence electrons. The zero-order valence-electron chi connectivity index (χ0n) is 19.0. The van der Waals surface area contributed by atoms with Gasteiger partial charge in [0.25, 0.3) is 0 Å². The lowest BCUT2D eigenvalue weighted by molar-refractivity contribution is 0.0963. The second kappa shape index (κ2) is 7.53. The number of benzene rings is 1. The molecule has 2 fully saturated rings. The summed E-state index contributed by atoms with van der Waals surface area (Å²) < 4.78 is 1.92. The minimum atomic E-state index is 0.655. The molecule has 0 unspecified atom stereocenters. The van der Waals surface area contributed by atoms with E-state index >= 15 is 0 Å². The fraction of sp³-hybridized carbons (Fsp3) is 0.400. The van der Waals surface area contributed by atoms with Crippen LogP contribution >= 0.6 is 0 Å². The molecule has 2 saturated heterocycles. The van der Waals surface area contributed by atoms with Crippen molar-refractivity contribution < 1.29 is 0 Å². The maximum atomic E-state index is 4.84. The van der Waals surface area contributed by atoms with E-state index < -0.39 is 0 Å². The van der Waals surface area contributed by atoms with Gasteiger partial charge in [0.2, 0.25) is 0 Å². The average Bonchev–Trinajstić information content (AvgIpc) is 3.17. The maximum Gasteiger partial charge on any atom is 0.162 e. The van der Waals surface area contributed by atoms with Gasteiger partial charge in [-0.15, -0.1) is 0 Å². The molecule has 2 aliphatic heterocycles. The number of hydrogen-bond acceptors (Lipinski definition) is 6. The Balaban J connectivity index is 1.28. The number of likely N-dealkylation sites (N-methyl/N-ethyl adjacent to an activating group) is 1. The number of aryl methyl sites for hydroxylation is 2. The average molecular weight is 428 g/mol. The first-order valence-electron chi connectivity index (χ1n) is 11.4. The molecule has 0 saturated carbocycles. The number of aromatic nitrogens is 4. The molecule has 0 amide bonds. The van der Waals surface area contributed by atoms with Crippen LogP contribution in [0.2, 0.25) is 0 Å². The third kappa shape index (κ3) is 3.32. The summed E-state index contributed by atoms with van der Waals surface area (Å²) in [5.74, 6) is 0. The van der Waals surface area contributed by atoms with Crippen LogP contribution in [-0.2, 0) is 0 Å². The number of rotatable bonds is 3. The van der Waals surface area contributed by atoms with Gasteiger partial charge in [-0.1, -0.05) is 11.6 Å². The summed E-state index contributed by atoms with van der Waals surface area (Å²) in [6.07, 6.45) is 6.06. The Bertz CT molecular complexity index is 1300. The Morgan fingerprint density at radius 1 is 0.938 bits per heavy atom. The van der Waals surface area contributed by atoms with Crippen molar-refractivity contribution in [2.45, 2.75) is 19.9 Å². The fourth-order valence-electron chi connectivity index (χ4n) is 5.00. The van der Waals surface area contributed by atoms with Gasteiger partial charge in [-0.3, -0.25) is 9.88 Å². The fourth-order valence-corrected chi connectivity index (χ4v) is 5.00. The molecular weight excluding hydrogens is 398 g/mol. The van der Waals surface area contributed by atoms with Crippen molar-refractivity contribution in [3.8, 4) is 11.1 Å². The quantitative estimate of drug-likeness (QED) is 0.501. The topological polar surface area (TPSA) is 52.8 Å². The Morgan fingerprint density at radius 2 is 1.75 bits per heavy atom. The van der Waals surface area contributed by atoms with Gasteiger partial charge in [0, 0.05) is 62.0 Å². The number of piperazine rings is 1. The van der Waals surface area contributed by atoms with E-state index in [1.54, 1.807) is 0 Å². The molecule has 5 heterocycles. The highest BCUT2D eigenvalue weighted by Crippen LogP contribution is 2.32. The number of nitrogens with zero attached hydrogens (tertiary/aromatic N) is 7. The highest BCUT2D eigenvalue weighted by molar-refractivity contribution is 5.98. The van der Waals surface area contributed by atoms with Gasteiger partial charge in [-0.05, 0) is 44.7 Å². The van der Waals surface area contributed by atoms with Crippen LogP contribution in [0.3, 0.4) is 0 Å². The van der Waals surface area contributed by atoms with E-state index in [2.05, 4.69) is 64.2 Å². The van der Waals surface area contributed by atoms with Crippen molar-refractivity contribution in [3.63, 3.8) is 0 Å². The highest BCUT2D eigenvalue weighted by atomic mass is 15.4. The summed E-state index contributed by atoms with van der Waals surface area (Å²) in [5.41, 5.74) is 7.47. The van der Waals surface area contributed by atoms with Crippen molar-refractivity contribution in [3.05, 3.63) is 54.1 Å². The monoisotopic (exact) mass is 427 g/mol. The maximum absolute atomic E-state index is 4.84. The first-order chi connectivity index (χ1) is 15.5. The number of anilines is 1. The van der Waals surface area contributed by atoms with Gasteiger partial charge in [0.1, 0.15) is 0 Å². The van der Waals surface area contributed by atoms with Crippen molar-refractivity contribution in [2.24, 2.45) is 0 Å². The van der Waals surface area contributed by atoms with Crippen LogP contribution in [0.25, 0.3) is 27.7 Å². The lowest BCUT2D eigenvalue weighted by Crippen LogP contribution is -2.63. The molecule has 0 N–H and O–H groups in total. The zero-order chi connectivity index (χ0) is 21.8. The van der Waals surface area contributed by atoms with Gasteiger partial charge < -0.3 is 9.80 Å². The predicted molar refractivity (Wildman–Crippen MR) is 128 cm³/mol. The second-order valence-corrected chi connectivity index (χ2v) is 9.37. The van der Waals surface area contributed by atoms with Gasteiger partial charge in [0.15, 0.2) is 5.65 Å². The van der Waals surface area contributed by atoms with Gasteiger partial charge in [-0.25, -0.2) is 9.50 Å². The van der Waals surface area contributed by atoms with Crippen molar-refractivity contribution in [1.82, 2.24) is 29.4 Å². The first-order valence-corrected chi connectivity index (χ1v) is 11.4. The molecule has 1 aromatic carbocycles. The number of hydrogen-bond donors (Lipinski definition) is 0. The summed E-state index contributed by atoms with van der Waals surface area (Å²) in [6.45, 7) is 11.0. The minimum Gasteiger partial charge on any atom is -0.366 e. The molecule has 7 nitrogen and oxygen atoms in total. The first kappa shape index (κ1) is 19.6. The summed E-state index contributed by atoms with van der Waals surface area (Å²) in [5, 5.41) is 5.81. The molecular formula is C25H29N7. The molecule has 7 heteroatoms. The Morgan fingerprint density at radius 3 is 2.56 bits per heavy atom. The Kier molecular flexibility index (Phi) is 4.62. The number of fused-ring (bicyclic) bond motifs is 2. The molecule has 0 spiro atoms. The highest BCUT2D eigenvalue weighted by Gasteiger charge is 2.33. The molecule has 4 aromatic rings. The van der Waals surface area contributed by atoms with Crippen LogP contribution in [0, 0.1) is 13.8 Å². The normalized spacial score (nSPS) is 18.5. The second-order valence-electron chi connectivity index (χ2n) is 9.37. The van der Waals surface area contributed by atoms with Crippen LogP contribution in [0.4, 0.5) is 5.69 Å². The molecule has 32 heavy (non-hydrogen) atoms.